The van der Waals surface area contributed by atoms with Gasteiger partial charge >= 0.3 is 0 Å². The summed E-state index contributed by atoms with van der Waals surface area (Å²) in [6.45, 7) is 3.67. The Morgan fingerprint density at radius 3 is 2.50 bits per heavy atom. The fourth-order valence-corrected chi connectivity index (χ4v) is 3.42. The zero-order valence-electron chi connectivity index (χ0n) is 9.65. The van der Waals surface area contributed by atoms with Gasteiger partial charge in [-0.15, -0.1) is 0 Å². The first kappa shape index (κ1) is 12.3. The van der Waals surface area contributed by atoms with Crippen LogP contribution in [-0.4, -0.2) is 63.6 Å². The Balaban J connectivity index is 1.90. The van der Waals surface area contributed by atoms with Crippen LogP contribution in [0.4, 0.5) is 0 Å². The van der Waals surface area contributed by atoms with Crippen LogP contribution < -0.4 is 10.0 Å². The van der Waals surface area contributed by atoms with Gasteiger partial charge < -0.3 is 10.2 Å². The van der Waals surface area contributed by atoms with Crippen LogP contribution in [0.1, 0.15) is 12.8 Å². The second-order valence-corrected chi connectivity index (χ2v) is 6.18. The van der Waals surface area contributed by atoms with Crippen molar-refractivity contribution < 1.29 is 8.42 Å². The number of likely N-dealkylation sites (N-methyl/N-ethyl adjacent to an activating group) is 1. The molecule has 0 saturated carbocycles. The molecular weight excluding hydrogens is 228 g/mol. The Labute approximate surface area is 97.2 Å². The molecule has 16 heavy (non-hydrogen) atoms. The lowest BCUT2D eigenvalue weighted by atomic mass is 10.3. The molecule has 0 amide bonds. The van der Waals surface area contributed by atoms with Crippen molar-refractivity contribution in [1.29, 1.82) is 0 Å². The van der Waals surface area contributed by atoms with E-state index in [2.05, 4.69) is 14.9 Å². The van der Waals surface area contributed by atoms with Gasteiger partial charge in [-0.05, 0) is 26.4 Å². The number of hydrogen-bond donors (Lipinski definition) is 2. The third kappa shape index (κ3) is 2.92. The number of nitrogens with one attached hydrogen (secondary N) is 2. The molecule has 0 aromatic heterocycles. The van der Waals surface area contributed by atoms with Gasteiger partial charge in [-0.2, -0.15) is 17.4 Å². The summed E-state index contributed by atoms with van der Waals surface area (Å²) in [4.78, 5) is 2.14. The summed E-state index contributed by atoms with van der Waals surface area (Å²) >= 11 is 0. The van der Waals surface area contributed by atoms with Gasteiger partial charge in [0.2, 0.25) is 0 Å². The van der Waals surface area contributed by atoms with E-state index in [0.29, 0.717) is 13.1 Å². The summed E-state index contributed by atoms with van der Waals surface area (Å²) in [6, 6.07) is 0. The minimum absolute atomic E-state index is 0.0790. The van der Waals surface area contributed by atoms with Gasteiger partial charge in [-0.1, -0.05) is 0 Å². The van der Waals surface area contributed by atoms with Gasteiger partial charge in [0, 0.05) is 26.2 Å². The SMILES string of the molecule is CN1CCN(S(=O)(=O)NC2CCCN2)CC1. The fourth-order valence-electron chi connectivity index (χ4n) is 2.07. The van der Waals surface area contributed by atoms with Crippen LogP contribution in [0.25, 0.3) is 0 Å². The van der Waals surface area contributed by atoms with Gasteiger partial charge in [0.05, 0.1) is 6.17 Å². The molecule has 94 valence electrons. The predicted octanol–water partition coefficient (Wildman–Crippen LogP) is -1.22. The van der Waals surface area contributed by atoms with E-state index in [0.717, 1.165) is 32.5 Å². The quantitative estimate of drug-likeness (QED) is 0.657. The van der Waals surface area contributed by atoms with Gasteiger partial charge in [-0.25, -0.2) is 0 Å². The van der Waals surface area contributed by atoms with Gasteiger partial charge in [-0.3, -0.25) is 0 Å². The Kier molecular flexibility index (Phi) is 3.81. The van der Waals surface area contributed by atoms with Crippen molar-refractivity contribution in [3.8, 4) is 0 Å². The molecule has 0 radical (unpaired) electrons. The first-order valence-corrected chi connectivity index (χ1v) is 7.21. The van der Waals surface area contributed by atoms with Crippen molar-refractivity contribution >= 4 is 10.2 Å². The second-order valence-electron chi connectivity index (χ2n) is 4.47. The normalized spacial score (nSPS) is 29.7. The van der Waals surface area contributed by atoms with Gasteiger partial charge in [0.1, 0.15) is 0 Å². The van der Waals surface area contributed by atoms with Crippen LogP contribution in [0.2, 0.25) is 0 Å². The maximum Gasteiger partial charge on any atom is 0.280 e. The summed E-state index contributed by atoms with van der Waals surface area (Å²) in [5, 5.41) is 3.13. The molecule has 2 aliphatic heterocycles. The smallest absolute Gasteiger partial charge is 0.280 e. The van der Waals surface area contributed by atoms with Crippen molar-refractivity contribution in [2.24, 2.45) is 0 Å². The summed E-state index contributed by atoms with van der Waals surface area (Å²) in [5.41, 5.74) is 0. The molecule has 2 aliphatic rings. The molecule has 2 N–H and O–H groups in total. The van der Waals surface area contributed by atoms with Crippen molar-refractivity contribution in [1.82, 2.24) is 19.2 Å². The van der Waals surface area contributed by atoms with E-state index in [1.165, 1.54) is 4.31 Å². The fraction of sp³-hybridized carbons (Fsp3) is 1.00. The standard InChI is InChI=1S/C9H20N4O2S/c1-12-5-7-13(8-6-12)16(14,15)11-9-3-2-4-10-9/h9-11H,2-8H2,1H3. The van der Waals surface area contributed by atoms with Crippen LogP contribution in [0.5, 0.6) is 0 Å². The largest absolute Gasteiger partial charge is 0.304 e. The van der Waals surface area contributed by atoms with Crippen LogP contribution >= 0.6 is 0 Å². The van der Waals surface area contributed by atoms with E-state index in [-0.39, 0.29) is 6.17 Å². The molecule has 2 heterocycles. The average molecular weight is 248 g/mol. The maximum absolute atomic E-state index is 12.0. The summed E-state index contributed by atoms with van der Waals surface area (Å²) in [5.74, 6) is 0. The first-order valence-electron chi connectivity index (χ1n) is 5.77. The summed E-state index contributed by atoms with van der Waals surface area (Å²) in [6.07, 6.45) is 1.84. The zero-order valence-corrected chi connectivity index (χ0v) is 10.5. The topological polar surface area (TPSA) is 64.7 Å². The van der Waals surface area contributed by atoms with Crippen molar-refractivity contribution in [2.45, 2.75) is 19.0 Å². The van der Waals surface area contributed by atoms with Crippen LogP contribution in [0.3, 0.4) is 0 Å². The number of rotatable bonds is 3. The maximum atomic E-state index is 12.0. The third-order valence-electron chi connectivity index (χ3n) is 3.15. The van der Waals surface area contributed by atoms with E-state index in [1.54, 1.807) is 0 Å². The van der Waals surface area contributed by atoms with E-state index in [1.807, 2.05) is 7.05 Å². The summed E-state index contributed by atoms with van der Waals surface area (Å²) in [7, 11) is -1.29. The molecular formula is C9H20N4O2S. The number of piperazine rings is 1. The zero-order chi connectivity index (χ0) is 11.6. The Hall–Kier alpha value is -0.210. The minimum Gasteiger partial charge on any atom is -0.304 e. The summed E-state index contributed by atoms with van der Waals surface area (Å²) < 4.78 is 28.3. The van der Waals surface area contributed by atoms with E-state index in [9.17, 15) is 8.42 Å². The van der Waals surface area contributed by atoms with E-state index in [4.69, 9.17) is 0 Å². The van der Waals surface area contributed by atoms with Crippen molar-refractivity contribution in [3.63, 3.8) is 0 Å². The molecule has 6 nitrogen and oxygen atoms in total. The molecule has 7 heteroatoms. The predicted molar refractivity (Wildman–Crippen MR) is 62.2 cm³/mol. The molecule has 1 unspecified atom stereocenters. The van der Waals surface area contributed by atoms with E-state index >= 15 is 0 Å². The lowest BCUT2D eigenvalue weighted by molar-refractivity contribution is 0.220. The highest BCUT2D eigenvalue weighted by Crippen LogP contribution is 2.08. The second kappa shape index (κ2) is 4.97. The third-order valence-corrected chi connectivity index (χ3v) is 4.78. The molecule has 0 aliphatic carbocycles. The molecule has 0 aromatic rings. The van der Waals surface area contributed by atoms with E-state index < -0.39 is 10.2 Å². The molecule has 0 spiro atoms. The Bertz CT molecular complexity index is 318. The first-order chi connectivity index (χ1) is 7.58. The van der Waals surface area contributed by atoms with Crippen LogP contribution in [0.15, 0.2) is 0 Å². The van der Waals surface area contributed by atoms with Crippen LogP contribution in [-0.2, 0) is 10.2 Å². The Morgan fingerprint density at radius 1 is 1.25 bits per heavy atom. The van der Waals surface area contributed by atoms with Gasteiger partial charge in [0.25, 0.3) is 10.2 Å². The molecule has 1 atom stereocenters. The molecule has 0 bridgehead atoms. The Morgan fingerprint density at radius 2 is 1.94 bits per heavy atom. The van der Waals surface area contributed by atoms with Crippen molar-refractivity contribution in [2.75, 3.05) is 39.8 Å². The highest BCUT2D eigenvalue weighted by atomic mass is 32.2. The van der Waals surface area contributed by atoms with Crippen LogP contribution in [0, 0.1) is 0 Å². The number of nitrogens with zero attached hydrogens (tertiary/aromatic N) is 2. The average Bonchev–Trinajstić information content (AvgIpc) is 2.70. The molecule has 2 saturated heterocycles. The molecule has 2 fully saturated rings. The monoisotopic (exact) mass is 248 g/mol. The lowest BCUT2D eigenvalue weighted by Crippen LogP contribution is -2.54. The highest BCUT2D eigenvalue weighted by Gasteiger charge is 2.28. The highest BCUT2D eigenvalue weighted by molar-refractivity contribution is 7.87. The van der Waals surface area contributed by atoms with Crippen molar-refractivity contribution in [3.05, 3.63) is 0 Å². The molecule has 0 aromatic carbocycles. The lowest BCUT2D eigenvalue weighted by Gasteiger charge is -2.32. The van der Waals surface area contributed by atoms with Gasteiger partial charge in [0.15, 0.2) is 0 Å². The number of hydrogen-bond acceptors (Lipinski definition) is 4. The minimum atomic E-state index is -3.30. The molecule has 2 rings (SSSR count).